The number of carboxylic acids is 1. The van der Waals surface area contributed by atoms with Crippen molar-refractivity contribution in [1.29, 1.82) is 0 Å². The van der Waals surface area contributed by atoms with Crippen LogP contribution in [0.1, 0.15) is 43.7 Å². The number of benzene rings is 1. The number of carboxylic acid groups (broad SMARTS) is 1. The molecule has 18 heavy (non-hydrogen) atoms. The Bertz CT molecular complexity index is 504. The van der Waals surface area contributed by atoms with Crippen LogP contribution in [0.25, 0.3) is 5.57 Å². The molecular formula is C16H18O2. The number of hydrogen-bond acceptors (Lipinski definition) is 1. The molecule has 0 amide bonds. The molecule has 0 heterocycles. The van der Waals surface area contributed by atoms with Crippen LogP contribution in [0.15, 0.2) is 42.0 Å². The predicted molar refractivity (Wildman–Crippen MR) is 73.5 cm³/mol. The Morgan fingerprint density at radius 3 is 2.44 bits per heavy atom. The van der Waals surface area contributed by atoms with Gasteiger partial charge in [-0.05, 0) is 41.0 Å². The van der Waals surface area contributed by atoms with Crippen LogP contribution in [0.5, 0.6) is 0 Å². The Kier molecular flexibility index (Phi) is 3.66. The van der Waals surface area contributed by atoms with Crippen LogP contribution in [0.4, 0.5) is 0 Å². The third-order valence-electron chi connectivity index (χ3n) is 3.30. The first-order valence-electron chi connectivity index (χ1n) is 6.30. The molecule has 0 aromatic heterocycles. The fourth-order valence-corrected chi connectivity index (χ4v) is 2.23. The average Bonchev–Trinajstić information content (AvgIpc) is 2.76. The lowest BCUT2D eigenvalue weighted by Gasteiger charge is -2.07. The minimum atomic E-state index is -0.863. The quantitative estimate of drug-likeness (QED) is 0.813. The van der Waals surface area contributed by atoms with E-state index in [1.54, 1.807) is 0 Å². The lowest BCUT2D eigenvalue weighted by atomic mass is 9.98. The number of hydrogen-bond donors (Lipinski definition) is 1. The fraction of sp³-hybridized carbons (Fsp3) is 0.312. The Hall–Kier alpha value is -1.83. The summed E-state index contributed by atoms with van der Waals surface area (Å²) in [7, 11) is 0. The van der Waals surface area contributed by atoms with Gasteiger partial charge in [0.25, 0.3) is 0 Å². The summed E-state index contributed by atoms with van der Waals surface area (Å²) in [5.41, 5.74) is 4.68. The average molecular weight is 242 g/mol. The van der Waals surface area contributed by atoms with E-state index in [9.17, 15) is 4.79 Å². The minimum absolute atomic E-state index is 0.541. The fourth-order valence-electron chi connectivity index (χ4n) is 2.23. The van der Waals surface area contributed by atoms with Gasteiger partial charge in [0.2, 0.25) is 0 Å². The van der Waals surface area contributed by atoms with Gasteiger partial charge in [-0.15, -0.1) is 0 Å². The first-order valence-corrected chi connectivity index (χ1v) is 6.30. The molecule has 1 aromatic carbocycles. The molecule has 94 valence electrons. The van der Waals surface area contributed by atoms with E-state index < -0.39 is 5.97 Å². The van der Waals surface area contributed by atoms with Crippen molar-refractivity contribution in [2.75, 3.05) is 0 Å². The van der Waals surface area contributed by atoms with E-state index in [4.69, 9.17) is 5.11 Å². The highest BCUT2D eigenvalue weighted by Gasteiger charge is 2.12. The molecule has 0 spiro atoms. The van der Waals surface area contributed by atoms with Crippen LogP contribution in [-0.4, -0.2) is 11.1 Å². The van der Waals surface area contributed by atoms with Crippen LogP contribution in [0, 0.1) is 0 Å². The van der Waals surface area contributed by atoms with E-state index in [1.807, 2.05) is 6.08 Å². The van der Waals surface area contributed by atoms with E-state index in [-0.39, 0.29) is 0 Å². The summed E-state index contributed by atoms with van der Waals surface area (Å²) in [6, 6.07) is 8.56. The van der Waals surface area contributed by atoms with Gasteiger partial charge in [0.05, 0.1) is 0 Å². The smallest absolute Gasteiger partial charge is 0.328 e. The van der Waals surface area contributed by atoms with Gasteiger partial charge in [0.15, 0.2) is 0 Å². The highest BCUT2D eigenvalue weighted by atomic mass is 16.4. The monoisotopic (exact) mass is 242 g/mol. The van der Waals surface area contributed by atoms with Gasteiger partial charge in [-0.1, -0.05) is 44.2 Å². The zero-order valence-corrected chi connectivity index (χ0v) is 10.8. The predicted octanol–water partition coefficient (Wildman–Crippen LogP) is 4.00. The molecule has 0 saturated heterocycles. The first-order chi connectivity index (χ1) is 8.56. The molecule has 1 aliphatic rings. The van der Waals surface area contributed by atoms with E-state index in [0.29, 0.717) is 5.92 Å². The van der Waals surface area contributed by atoms with E-state index in [1.165, 1.54) is 22.8 Å². The van der Waals surface area contributed by atoms with Crippen molar-refractivity contribution < 1.29 is 9.90 Å². The maximum absolute atomic E-state index is 10.6. The van der Waals surface area contributed by atoms with Gasteiger partial charge in [0, 0.05) is 6.08 Å². The summed E-state index contributed by atoms with van der Waals surface area (Å²) in [5, 5.41) is 8.72. The zero-order chi connectivity index (χ0) is 13.1. The van der Waals surface area contributed by atoms with Crippen LogP contribution in [0.2, 0.25) is 0 Å². The lowest BCUT2D eigenvalue weighted by Crippen LogP contribution is -1.88. The standard InChI is InChI=1S/C16H18O2/c1-11(2)13-5-7-14(8-6-13)15-4-3-12(9-15)10-16(17)18/h5-11H,3-4H2,1-2H3,(H,17,18)/b12-10+. The van der Waals surface area contributed by atoms with Gasteiger partial charge in [-0.3, -0.25) is 0 Å². The molecule has 2 heteroatoms. The minimum Gasteiger partial charge on any atom is -0.478 e. The number of carbonyl (C=O) groups is 1. The maximum atomic E-state index is 10.6. The molecule has 2 rings (SSSR count). The molecule has 0 atom stereocenters. The Labute approximate surface area is 108 Å². The number of aliphatic carboxylic acids is 1. The SMILES string of the molecule is CC(C)c1ccc(C2=C/C(=C/C(=O)O)CC2)cc1. The summed E-state index contributed by atoms with van der Waals surface area (Å²) in [4.78, 5) is 10.6. The second-order valence-corrected chi connectivity index (χ2v) is 5.00. The molecule has 0 unspecified atom stereocenters. The number of rotatable bonds is 3. The third-order valence-corrected chi connectivity index (χ3v) is 3.30. The Morgan fingerprint density at radius 2 is 1.89 bits per heavy atom. The van der Waals surface area contributed by atoms with Crippen molar-refractivity contribution in [3.8, 4) is 0 Å². The molecule has 0 saturated carbocycles. The molecule has 1 aromatic rings. The van der Waals surface area contributed by atoms with Crippen molar-refractivity contribution in [1.82, 2.24) is 0 Å². The van der Waals surface area contributed by atoms with Crippen molar-refractivity contribution in [2.24, 2.45) is 0 Å². The van der Waals surface area contributed by atoms with Gasteiger partial charge in [-0.2, -0.15) is 0 Å². The molecule has 1 N–H and O–H groups in total. The Morgan fingerprint density at radius 1 is 1.22 bits per heavy atom. The maximum Gasteiger partial charge on any atom is 0.328 e. The highest BCUT2D eigenvalue weighted by molar-refractivity contribution is 5.83. The normalized spacial score (nSPS) is 17.3. The summed E-state index contributed by atoms with van der Waals surface area (Å²) < 4.78 is 0. The van der Waals surface area contributed by atoms with Crippen molar-refractivity contribution >= 4 is 11.5 Å². The van der Waals surface area contributed by atoms with Crippen LogP contribution >= 0.6 is 0 Å². The molecule has 0 aliphatic heterocycles. The van der Waals surface area contributed by atoms with Gasteiger partial charge in [0.1, 0.15) is 0 Å². The van der Waals surface area contributed by atoms with Crippen molar-refractivity contribution in [3.63, 3.8) is 0 Å². The summed E-state index contributed by atoms with van der Waals surface area (Å²) in [6.45, 7) is 4.36. The van der Waals surface area contributed by atoms with Crippen LogP contribution < -0.4 is 0 Å². The van der Waals surface area contributed by atoms with Crippen LogP contribution in [0.3, 0.4) is 0 Å². The molecule has 2 nitrogen and oxygen atoms in total. The highest BCUT2D eigenvalue weighted by Crippen LogP contribution is 2.31. The summed E-state index contributed by atoms with van der Waals surface area (Å²) >= 11 is 0. The van der Waals surface area contributed by atoms with E-state index >= 15 is 0 Å². The van der Waals surface area contributed by atoms with E-state index in [2.05, 4.69) is 38.1 Å². The molecule has 0 fully saturated rings. The summed E-state index contributed by atoms with van der Waals surface area (Å²) in [5.74, 6) is -0.322. The molecule has 0 radical (unpaired) electrons. The Balaban J connectivity index is 2.20. The van der Waals surface area contributed by atoms with Crippen molar-refractivity contribution in [2.45, 2.75) is 32.6 Å². The topological polar surface area (TPSA) is 37.3 Å². The summed E-state index contributed by atoms with van der Waals surface area (Å²) in [6.07, 6.45) is 5.06. The third kappa shape index (κ3) is 2.89. The lowest BCUT2D eigenvalue weighted by molar-refractivity contribution is -0.131. The second-order valence-electron chi connectivity index (χ2n) is 5.00. The molecule has 1 aliphatic carbocycles. The van der Waals surface area contributed by atoms with E-state index in [0.717, 1.165) is 18.4 Å². The first kappa shape index (κ1) is 12.6. The zero-order valence-electron chi connectivity index (χ0n) is 10.8. The number of allylic oxidation sites excluding steroid dienone is 3. The van der Waals surface area contributed by atoms with Crippen LogP contribution in [-0.2, 0) is 4.79 Å². The molecule has 0 bridgehead atoms. The second kappa shape index (κ2) is 5.21. The van der Waals surface area contributed by atoms with Gasteiger partial charge >= 0.3 is 5.97 Å². The van der Waals surface area contributed by atoms with Crippen molar-refractivity contribution in [3.05, 3.63) is 53.1 Å². The van der Waals surface area contributed by atoms with Gasteiger partial charge in [-0.25, -0.2) is 4.79 Å². The largest absolute Gasteiger partial charge is 0.478 e. The van der Waals surface area contributed by atoms with Gasteiger partial charge < -0.3 is 5.11 Å². The molecular weight excluding hydrogens is 224 g/mol.